The summed E-state index contributed by atoms with van der Waals surface area (Å²) >= 11 is 0. The number of methoxy groups -OCH3 is 1. The smallest absolute Gasteiger partial charge is 0.271 e. The van der Waals surface area contributed by atoms with Crippen LogP contribution in [-0.2, 0) is 16.3 Å². The average molecular weight is 525 g/mol. The zero-order valence-corrected chi connectivity index (χ0v) is 22.4. The van der Waals surface area contributed by atoms with Gasteiger partial charge in [0.25, 0.3) is 5.91 Å². The molecule has 0 atom stereocenters. The first-order chi connectivity index (χ1) is 17.6. The number of nitrogens with two attached hydrogens (primary N) is 1. The van der Waals surface area contributed by atoms with Crippen LogP contribution in [-0.4, -0.2) is 58.6 Å². The van der Waals surface area contributed by atoms with Crippen molar-refractivity contribution in [1.29, 1.82) is 0 Å². The van der Waals surface area contributed by atoms with E-state index in [1.807, 2.05) is 6.07 Å². The molecule has 4 rings (SSSR count). The van der Waals surface area contributed by atoms with Gasteiger partial charge in [-0.25, -0.2) is 9.67 Å². The molecule has 0 aliphatic heterocycles. The molecular formula is C24H32N8O4Si. The van der Waals surface area contributed by atoms with Gasteiger partial charge in [0, 0.05) is 26.7 Å². The van der Waals surface area contributed by atoms with E-state index in [9.17, 15) is 9.59 Å². The molecule has 12 nitrogen and oxygen atoms in total. The number of aromatic nitrogens is 5. The molecule has 0 bridgehead atoms. The van der Waals surface area contributed by atoms with Crippen LogP contribution in [0, 0.1) is 5.92 Å². The summed E-state index contributed by atoms with van der Waals surface area (Å²) < 4.78 is 13.1. The van der Waals surface area contributed by atoms with E-state index in [-0.39, 0.29) is 29.0 Å². The Bertz CT molecular complexity index is 1290. The summed E-state index contributed by atoms with van der Waals surface area (Å²) in [6, 6.07) is 7.99. The van der Waals surface area contributed by atoms with Gasteiger partial charge >= 0.3 is 0 Å². The minimum absolute atomic E-state index is 0.0103. The molecule has 13 heteroatoms. The molecule has 37 heavy (non-hydrogen) atoms. The molecular weight excluding hydrogens is 492 g/mol. The van der Waals surface area contributed by atoms with Crippen LogP contribution in [0.1, 0.15) is 23.3 Å². The number of hydrogen-bond donors (Lipinski definition) is 3. The van der Waals surface area contributed by atoms with Crippen molar-refractivity contribution in [3.63, 3.8) is 0 Å². The second kappa shape index (κ2) is 11.0. The summed E-state index contributed by atoms with van der Waals surface area (Å²) in [6.07, 6.45) is 3.31. The van der Waals surface area contributed by atoms with Crippen LogP contribution in [0.4, 0.5) is 17.2 Å². The van der Waals surface area contributed by atoms with Gasteiger partial charge in [-0.2, -0.15) is 0 Å². The Morgan fingerprint density at radius 2 is 1.97 bits per heavy atom. The van der Waals surface area contributed by atoms with Crippen LogP contribution in [0.5, 0.6) is 5.75 Å². The highest BCUT2D eigenvalue weighted by Crippen LogP contribution is 2.37. The maximum absolute atomic E-state index is 12.2. The largest absolute Gasteiger partial charge is 0.494 e. The summed E-state index contributed by atoms with van der Waals surface area (Å²) in [5.41, 5.74) is 6.88. The van der Waals surface area contributed by atoms with Crippen molar-refractivity contribution in [3.8, 4) is 17.1 Å². The lowest BCUT2D eigenvalue weighted by molar-refractivity contribution is -0.117. The predicted molar refractivity (Wildman–Crippen MR) is 141 cm³/mol. The summed E-state index contributed by atoms with van der Waals surface area (Å²) in [6.45, 7) is 7.89. The fourth-order valence-corrected chi connectivity index (χ4v) is 4.25. The Morgan fingerprint density at radius 3 is 2.65 bits per heavy atom. The highest BCUT2D eigenvalue weighted by molar-refractivity contribution is 6.76. The van der Waals surface area contributed by atoms with E-state index in [1.165, 1.54) is 13.2 Å². The highest BCUT2D eigenvalue weighted by Gasteiger charge is 2.30. The Labute approximate surface area is 216 Å². The van der Waals surface area contributed by atoms with Gasteiger partial charge in [-0.1, -0.05) is 25.7 Å². The van der Waals surface area contributed by atoms with Crippen molar-refractivity contribution in [2.75, 3.05) is 24.4 Å². The Morgan fingerprint density at radius 1 is 1.19 bits per heavy atom. The molecule has 1 aromatic carbocycles. The lowest BCUT2D eigenvalue weighted by atomic mass is 10.1. The number of primary amides is 1. The maximum atomic E-state index is 12.2. The van der Waals surface area contributed by atoms with Gasteiger partial charge < -0.3 is 25.8 Å². The fourth-order valence-electron chi connectivity index (χ4n) is 3.50. The minimum Gasteiger partial charge on any atom is -0.494 e. The Kier molecular flexibility index (Phi) is 7.83. The quantitative estimate of drug-likeness (QED) is 0.239. The molecule has 196 valence electrons. The van der Waals surface area contributed by atoms with E-state index < -0.39 is 14.0 Å². The third kappa shape index (κ3) is 6.89. The van der Waals surface area contributed by atoms with E-state index in [0.717, 1.165) is 18.9 Å². The zero-order valence-electron chi connectivity index (χ0n) is 21.4. The summed E-state index contributed by atoms with van der Waals surface area (Å²) in [5, 5.41) is 18.2. The molecule has 3 aromatic rings. The van der Waals surface area contributed by atoms with Crippen LogP contribution in [0.15, 0.2) is 30.6 Å². The summed E-state index contributed by atoms with van der Waals surface area (Å²) in [4.78, 5) is 28.6. The van der Waals surface area contributed by atoms with E-state index in [1.54, 1.807) is 23.1 Å². The van der Waals surface area contributed by atoms with E-state index >= 15 is 0 Å². The normalized spacial score (nSPS) is 13.3. The molecule has 2 heterocycles. The predicted octanol–water partition coefficient (Wildman–Crippen LogP) is 3.25. The van der Waals surface area contributed by atoms with Gasteiger partial charge in [0.15, 0.2) is 23.1 Å². The molecule has 0 radical (unpaired) electrons. The molecule has 2 amide bonds. The Hall–Kier alpha value is -3.84. The van der Waals surface area contributed by atoms with Gasteiger partial charge in [0.1, 0.15) is 13.1 Å². The highest BCUT2D eigenvalue weighted by atomic mass is 28.3. The molecule has 1 fully saturated rings. The monoisotopic (exact) mass is 524 g/mol. The van der Waals surface area contributed by atoms with Crippen LogP contribution >= 0.6 is 0 Å². The van der Waals surface area contributed by atoms with Gasteiger partial charge in [-0.3, -0.25) is 9.59 Å². The van der Waals surface area contributed by atoms with Crippen molar-refractivity contribution in [2.24, 2.45) is 11.7 Å². The third-order valence-electron chi connectivity index (χ3n) is 5.71. The lowest BCUT2D eigenvalue weighted by Gasteiger charge is -2.16. The van der Waals surface area contributed by atoms with Crippen molar-refractivity contribution in [3.05, 3.63) is 36.3 Å². The van der Waals surface area contributed by atoms with Gasteiger partial charge in [-0.05, 0) is 31.0 Å². The number of nitrogens with one attached hydrogen (secondary N) is 2. The minimum atomic E-state index is -1.17. The van der Waals surface area contributed by atoms with Crippen LogP contribution in [0.25, 0.3) is 11.4 Å². The zero-order chi connectivity index (χ0) is 26.6. The molecule has 1 aliphatic rings. The summed E-state index contributed by atoms with van der Waals surface area (Å²) in [5.74, 6) is 0.223. The molecule has 0 spiro atoms. The first-order valence-electron chi connectivity index (χ1n) is 12.0. The first kappa shape index (κ1) is 26.2. The Balaban J connectivity index is 1.55. The SMILES string of the molecule is COc1c(Nc2cc(NC(=O)C3CC3)nnc2C(N)=O)cccc1-c1ncn(COCC[Si](C)(C)C)n1. The van der Waals surface area contributed by atoms with Crippen LogP contribution in [0.2, 0.25) is 25.7 Å². The number of amides is 2. The third-order valence-corrected chi connectivity index (χ3v) is 7.42. The number of benzene rings is 1. The van der Waals surface area contributed by atoms with Gasteiger partial charge in [-0.15, -0.1) is 15.3 Å². The summed E-state index contributed by atoms with van der Waals surface area (Å²) in [7, 11) is 0.358. The standard InChI is InChI=1S/C24H32N8O4Si/c1-35-21-16(23-26-13-32(31-23)14-36-10-11-37(2,3)4)6-5-7-17(21)27-18-12-19(28-24(34)15-8-9-15)29-30-20(18)22(25)33/h5-7,12-13,15H,8-11,14H2,1-4H3,(H2,25,33)(H2,27,28,29,34). The number of carbonyl (C=O) groups excluding carboxylic acids is 2. The molecule has 1 aliphatic carbocycles. The van der Waals surface area contributed by atoms with Crippen LogP contribution < -0.4 is 21.1 Å². The molecule has 4 N–H and O–H groups in total. The topological polar surface area (TPSA) is 159 Å². The number of carbonyl (C=O) groups is 2. The van der Waals surface area contributed by atoms with Crippen molar-refractivity contribution < 1.29 is 19.1 Å². The molecule has 1 saturated carbocycles. The molecule has 2 aromatic heterocycles. The first-order valence-corrected chi connectivity index (χ1v) is 15.8. The number of hydrogen-bond acceptors (Lipinski definition) is 9. The number of rotatable bonds is 12. The van der Waals surface area contributed by atoms with Crippen molar-refractivity contribution in [2.45, 2.75) is 45.3 Å². The maximum Gasteiger partial charge on any atom is 0.271 e. The number of para-hydroxylation sites is 1. The second-order valence-corrected chi connectivity index (χ2v) is 15.7. The van der Waals surface area contributed by atoms with E-state index in [2.05, 4.69) is 50.6 Å². The van der Waals surface area contributed by atoms with Gasteiger partial charge in [0.2, 0.25) is 5.91 Å². The van der Waals surface area contributed by atoms with Crippen LogP contribution in [0.3, 0.4) is 0 Å². The van der Waals surface area contributed by atoms with Gasteiger partial charge in [0.05, 0.1) is 24.0 Å². The lowest BCUT2D eigenvalue weighted by Crippen LogP contribution is -2.22. The van der Waals surface area contributed by atoms with Crippen molar-refractivity contribution >= 4 is 37.1 Å². The number of anilines is 3. The number of ether oxygens (including phenoxy) is 2. The second-order valence-electron chi connectivity index (χ2n) is 10.1. The molecule has 0 unspecified atom stereocenters. The van der Waals surface area contributed by atoms with Crippen molar-refractivity contribution in [1.82, 2.24) is 25.0 Å². The van der Waals surface area contributed by atoms with E-state index in [4.69, 9.17) is 15.2 Å². The van der Waals surface area contributed by atoms with E-state index in [0.29, 0.717) is 36.2 Å². The molecule has 0 saturated heterocycles. The number of nitrogens with zero attached hydrogens (tertiary/aromatic N) is 5. The fraction of sp³-hybridized carbons (Fsp3) is 0.417. The average Bonchev–Trinajstić information content (AvgIpc) is 3.59.